The highest BCUT2D eigenvalue weighted by Gasteiger charge is 2.28. The molecule has 0 aromatic carbocycles. The monoisotopic (exact) mass is 328 g/mol. The molecule has 0 bridgehead atoms. The predicted octanol–water partition coefficient (Wildman–Crippen LogP) is 2.32. The lowest BCUT2D eigenvalue weighted by Crippen LogP contribution is -2.40. The van der Waals surface area contributed by atoms with Gasteiger partial charge in [0.05, 0.1) is 9.40 Å². The van der Waals surface area contributed by atoms with Crippen LogP contribution in [0.2, 0.25) is 0 Å². The first kappa shape index (κ1) is 14.2. The van der Waals surface area contributed by atoms with Crippen LogP contribution in [0.1, 0.15) is 19.8 Å². The van der Waals surface area contributed by atoms with Gasteiger partial charge in [-0.2, -0.15) is 0 Å². The summed E-state index contributed by atoms with van der Waals surface area (Å²) in [7, 11) is 0. The number of hydrogen-bond acceptors (Lipinski definition) is 5. The van der Waals surface area contributed by atoms with Crippen molar-refractivity contribution in [2.45, 2.75) is 25.8 Å². The van der Waals surface area contributed by atoms with Crippen molar-refractivity contribution >= 4 is 27.3 Å². The zero-order valence-electron chi connectivity index (χ0n) is 10.8. The van der Waals surface area contributed by atoms with Crippen molar-refractivity contribution in [3.63, 3.8) is 0 Å². The van der Waals surface area contributed by atoms with Gasteiger partial charge in [0.25, 0.3) is 0 Å². The van der Waals surface area contributed by atoms with Crippen LogP contribution in [0.25, 0.3) is 0 Å². The third-order valence-corrected chi connectivity index (χ3v) is 4.23. The van der Waals surface area contributed by atoms with E-state index in [2.05, 4.69) is 20.9 Å². The Labute approximate surface area is 120 Å². The molecule has 104 valence electrons. The zero-order chi connectivity index (χ0) is 14.0. The van der Waals surface area contributed by atoms with Gasteiger partial charge in [-0.05, 0) is 41.6 Å². The lowest BCUT2D eigenvalue weighted by molar-refractivity contribution is -0.384. The van der Waals surface area contributed by atoms with Crippen molar-refractivity contribution in [3.8, 4) is 0 Å². The van der Waals surface area contributed by atoms with E-state index in [9.17, 15) is 10.1 Å². The summed E-state index contributed by atoms with van der Waals surface area (Å²) in [4.78, 5) is 16.6. The van der Waals surface area contributed by atoms with Gasteiger partial charge in [0, 0.05) is 25.3 Å². The lowest BCUT2D eigenvalue weighted by atomic mass is 9.91. The summed E-state index contributed by atoms with van der Waals surface area (Å²) < 4.78 is 0.668. The van der Waals surface area contributed by atoms with Crippen molar-refractivity contribution in [1.82, 2.24) is 4.98 Å². The molecule has 0 saturated carbocycles. The average molecular weight is 329 g/mol. The number of nitro groups is 1. The van der Waals surface area contributed by atoms with E-state index in [1.54, 1.807) is 6.20 Å². The van der Waals surface area contributed by atoms with E-state index in [1.165, 1.54) is 6.20 Å². The largest absolute Gasteiger partial charge is 0.365 e. The summed E-state index contributed by atoms with van der Waals surface area (Å²) in [5.74, 6) is 0.496. The molecule has 0 aliphatic carbocycles. The maximum absolute atomic E-state index is 11.1. The van der Waals surface area contributed by atoms with Gasteiger partial charge in [0.2, 0.25) is 0 Å². The molecule has 0 amide bonds. The first-order valence-corrected chi connectivity index (χ1v) is 7.08. The highest BCUT2D eigenvalue weighted by atomic mass is 79.9. The number of aromatic nitrogens is 1. The predicted molar refractivity (Wildman–Crippen MR) is 77.2 cm³/mol. The first-order chi connectivity index (χ1) is 9.00. The highest BCUT2D eigenvalue weighted by Crippen LogP contribution is 2.37. The van der Waals surface area contributed by atoms with Crippen molar-refractivity contribution in [1.29, 1.82) is 0 Å². The van der Waals surface area contributed by atoms with Gasteiger partial charge >= 0.3 is 5.69 Å². The van der Waals surface area contributed by atoms with Gasteiger partial charge in [-0.1, -0.05) is 0 Å². The van der Waals surface area contributed by atoms with Crippen LogP contribution in [0.3, 0.4) is 0 Å². The van der Waals surface area contributed by atoms with Gasteiger partial charge < -0.3 is 10.6 Å². The maximum atomic E-state index is 11.1. The number of nitrogens with zero attached hydrogens (tertiary/aromatic N) is 3. The fraction of sp³-hybridized carbons (Fsp3) is 0.583. The Morgan fingerprint density at radius 3 is 2.68 bits per heavy atom. The third-order valence-electron chi connectivity index (χ3n) is 3.65. The fourth-order valence-electron chi connectivity index (χ4n) is 2.51. The third kappa shape index (κ3) is 3.03. The number of anilines is 1. The molecule has 1 fully saturated rings. The molecule has 1 aromatic heterocycles. The second-order valence-electron chi connectivity index (χ2n) is 4.93. The summed E-state index contributed by atoms with van der Waals surface area (Å²) in [6, 6.07) is 0.179. The number of nitrogens with two attached hydrogens (primary N) is 1. The Kier molecular flexibility index (Phi) is 4.36. The fourth-order valence-corrected chi connectivity index (χ4v) is 3.09. The molecule has 1 aliphatic rings. The normalized spacial score (nSPS) is 18.4. The zero-order valence-corrected chi connectivity index (χ0v) is 12.3. The van der Waals surface area contributed by atoms with E-state index >= 15 is 0 Å². The Balaban J connectivity index is 2.22. The van der Waals surface area contributed by atoms with Crippen molar-refractivity contribution in [3.05, 3.63) is 27.0 Å². The number of hydrogen-bond donors (Lipinski definition) is 1. The van der Waals surface area contributed by atoms with Crippen LogP contribution in [0, 0.1) is 16.0 Å². The van der Waals surface area contributed by atoms with Crippen molar-refractivity contribution in [2.24, 2.45) is 11.7 Å². The highest BCUT2D eigenvalue weighted by molar-refractivity contribution is 9.10. The molecule has 0 spiro atoms. The minimum atomic E-state index is -0.384. The summed E-state index contributed by atoms with van der Waals surface area (Å²) in [6.45, 7) is 3.59. The lowest BCUT2D eigenvalue weighted by Gasteiger charge is -2.35. The van der Waals surface area contributed by atoms with Crippen LogP contribution in [0.4, 0.5) is 11.4 Å². The first-order valence-electron chi connectivity index (χ1n) is 6.29. The number of pyridine rings is 1. The van der Waals surface area contributed by atoms with Gasteiger partial charge in [0.1, 0.15) is 11.9 Å². The molecular formula is C12H17BrN4O2. The molecule has 2 heterocycles. The molecule has 0 radical (unpaired) electrons. The van der Waals surface area contributed by atoms with E-state index in [1.807, 2.05) is 11.8 Å². The summed E-state index contributed by atoms with van der Waals surface area (Å²) in [5, 5.41) is 11.1. The summed E-state index contributed by atoms with van der Waals surface area (Å²) in [5.41, 5.74) is 6.59. The molecule has 1 saturated heterocycles. The SMILES string of the molecule is CC(N)C1CCN(c2c(Br)cncc2[N+](=O)[O-])CC1. The van der Waals surface area contributed by atoms with Crippen LogP contribution < -0.4 is 10.6 Å². The van der Waals surface area contributed by atoms with Crippen LogP contribution in [0.15, 0.2) is 16.9 Å². The quantitative estimate of drug-likeness (QED) is 0.679. The van der Waals surface area contributed by atoms with E-state index in [-0.39, 0.29) is 16.7 Å². The number of rotatable bonds is 3. The van der Waals surface area contributed by atoms with Crippen molar-refractivity contribution in [2.75, 3.05) is 18.0 Å². The summed E-state index contributed by atoms with van der Waals surface area (Å²) in [6.07, 6.45) is 4.82. The van der Waals surface area contributed by atoms with Gasteiger partial charge in [-0.15, -0.1) is 0 Å². The van der Waals surface area contributed by atoms with E-state index < -0.39 is 0 Å². The molecule has 2 N–H and O–H groups in total. The topological polar surface area (TPSA) is 85.3 Å². The average Bonchev–Trinajstić information content (AvgIpc) is 2.38. The Bertz CT molecular complexity index is 473. The Morgan fingerprint density at radius 1 is 1.53 bits per heavy atom. The van der Waals surface area contributed by atoms with Crippen LogP contribution in [0.5, 0.6) is 0 Å². The minimum absolute atomic E-state index is 0.0496. The van der Waals surface area contributed by atoms with E-state index in [0.29, 0.717) is 16.1 Å². The van der Waals surface area contributed by atoms with Crippen molar-refractivity contribution < 1.29 is 4.92 Å². The van der Waals surface area contributed by atoms with E-state index in [4.69, 9.17) is 5.73 Å². The van der Waals surface area contributed by atoms with Gasteiger partial charge in [-0.25, -0.2) is 0 Å². The molecule has 6 nitrogen and oxygen atoms in total. The Hall–Kier alpha value is -1.21. The standard InChI is InChI=1S/C12H17BrN4O2/c1-8(14)9-2-4-16(5-3-9)12-10(13)6-15-7-11(12)17(18)19/h6-9H,2-5,14H2,1H3. The Morgan fingerprint density at radius 2 is 2.16 bits per heavy atom. The van der Waals surface area contributed by atoms with Gasteiger partial charge in [0.15, 0.2) is 0 Å². The molecule has 1 aliphatic heterocycles. The molecule has 1 unspecified atom stereocenters. The molecule has 1 atom stereocenters. The maximum Gasteiger partial charge on any atom is 0.311 e. The number of piperidine rings is 1. The van der Waals surface area contributed by atoms with Gasteiger partial charge in [-0.3, -0.25) is 15.1 Å². The van der Waals surface area contributed by atoms with Crippen LogP contribution >= 0.6 is 15.9 Å². The minimum Gasteiger partial charge on any atom is -0.365 e. The molecule has 2 rings (SSSR count). The summed E-state index contributed by atoms with van der Waals surface area (Å²) >= 11 is 3.36. The number of halogens is 1. The van der Waals surface area contributed by atoms with Crippen LogP contribution in [-0.4, -0.2) is 29.0 Å². The second-order valence-corrected chi connectivity index (χ2v) is 5.78. The second kappa shape index (κ2) is 5.83. The van der Waals surface area contributed by atoms with Crippen LogP contribution in [-0.2, 0) is 0 Å². The molecule has 1 aromatic rings. The molecular weight excluding hydrogens is 312 g/mol. The molecule has 19 heavy (non-hydrogen) atoms. The van der Waals surface area contributed by atoms with E-state index in [0.717, 1.165) is 25.9 Å². The smallest absolute Gasteiger partial charge is 0.311 e. The molecule has 7 heteroatoms.